The number of thiocarbonyl (C=S) groups is 1. The topological polar surface area (TPSA) is 50.4 Å². The fraction of sp³-hybridized carbons (Fsp3) is 0.368. The molecule has 0 amide bonds. The fourth-order valence-corrected chi connectivity index (χ4v) is 2.77. The third kappa shape index (κ3) is 4.45. The van der Waals surface area contributed by atoms with Gasteiger partial charge in [0.25, 0.3) is 0 Å². The molecule has 24 heavy (non-hydrogen) atoms. The molecule has 0 aromatic heterocycles. The molecule has 1 aromatic carbocycles. The van der Waals surface area contributed by atoms with Gasteiger partial charge in [-0.2, -0.15) is 0 Å². The third-order valence-corrected chi connectivity index (χ3v) is 3.99. The summed E-state index contributed by atoms with van der Waals surface area (Å²) in [5.74, 6) is -0.179. The number of ether oxygens (including phenoxy) is 1. The maximum Gasteiger partial charge on any atom is 0.338 e. The number of carbonyl (C=O) groups is 1. The van der Waals surface area contributed by atoms with Crippen LogP contribution < -0.4 is 10.6 Å². The van der Waals surface area contributed by atoms with E-state index in [9.17, 15) is 4.79 Å². The normalized spacial score (nSPS) is 17.9. The predicted octanol–water partition coefficient (Wildman–Crippen LogP) is 3.33. The zero-order valence-electron chi connectivity index (χ0n) is 14.6. The molecule has 0 fully saturated rings. The van der Waals surface area contributed by atoms with E-state index >= 15 is 0 Å². The molecule has 1 aliphatic heterocycles. The minimum absolute atomic E-state index is 0.139. The SMILES string of the molecule is CCOC(=O)C1=C(C(C)C)NC(=S)N[C@H]1/C=C/c1ccc(C)cc1. The molecule has 1 heterocycles. The zero-order chi connectivity index (χ0) is 17.7. The number of hydrogen-bond donors (Lipinski definition) is 2. The highest BCUT2D eigenvalue weighted by Gasteiger charge is 2.30. The van der Waals surface area contributed by atoms with Crippen LogP contribution in [0.2, 0.25) is 0 Å². The summed E-state index contributed by atoms with van der Waals surface area (Å²) in [5.41, 5.74) is 3.68. The van der Waals surface area contributed by atoms with Gasteiger partial charge in [-0.1, -0.05) is 55.8 Å². The highest BCUT2D eigenvalue weighted by molar-refractivity contribution is 7.80. The summed E-state index contributed by atoms with van der Waals surface area (Å²) in [7, 11) is 0. The van der Waals surface area contributed by atoms with Crippen LogP contribution in [0.25, 0.3) is 6.08 Å². The van der Waals surface area contributed by atoms with Crippen molar-refractivity contribution in [3.05, 3.63) is 52.7 Å². The van der Waals surface area contributed by atoms with Gasteiger partial charge in [-0.3, -0.25) is 0 Å². The number of aryl methyl sites for hydroxylation is 1. The molecule has 5 heteroatoms. The van der Waals surface area contributed by atoms with Crippen molar-refractivity contribution in [2.75, 3.05) is 6.61 Å². The lowest BCUT2D eigenvalue weighted by atomic mass is 9.95. The standard InChI is InChI=1S/C19H24N2O2S/c1-5-23-18(22)16-15(20-19(24)21-17(16)12(2)3)11-10-14-8-6-13(4)7-9-14/h6-12,15H,5H2,1-4H3,(H2,20,21,24)/b11-10+/t15-/m0/s1. The summed E-state index contributed by atoms with van der Waals surface area (Å²) < 4.78 is 5.24. The molecule has 1 aliphatic rings. The monoisotopic (exact) mass is 344 g/mol. The molecule has 0 saturated heterocycles. The molecular formula is C19H24N2O2S. The molecular weight excluding hydrogens is 320 g/mol. The van der Waals surface area contributed by atoms with Gasteiger partial charge in [-0.05, 0) is 37.5 Å². The second kappa shape index (κ2) is 8.11. The van der Waals surface area contributed by atoms with Crippen LogP contribution in [-0.4, -0.2) is 23.7 Å². The fourth-order valence-electron chi connectivity index (χ4n) is 2.54. The molecule has 0 radical (unpaired) electrons. The zero-order valence-corrected chi connectivity index (χ0v) is 15.4. The predicted molar refractivity (Wildman–Crippen MR) is 101 cm³/mol. The molecule has 1 aromatic rings. The Balaban J connectivity index is 2.36. The van der Waals surface area contributed by atoms with Crippen LogP contribution in [0.3, 0.4) is 0 Å². The Hall–Kier alpha value is -2.14. The summed E-state index contributed by atoms with van der Waals surface area (Å²) in [6.45, 7) is 8.24. The Morgan fingerprint density at radius 3 is 2.58 bits per heavy atom. The lowest BCUT2D eigenvalue weighted by Gasteiger charge is -2.30. The first-order valence-electron chi connectivity index (χ1n) is 8.16. The van der Waals surface area contributed by atoms with Crippen LogP contribution in [-0.2, 0) is 9.53 Å². The number of hydrogen-bond acceptors (Lipinski definition) is 3. The van der Waals surface area contributed by atoms with Crippen molar-refractivity contribution in [3.63, 3.8) is 0 Å². The maximum absolute atomic E-state index is 12.4. The Morgan fingerprint density at radius 2 is 2.00 bits per heavy atom. The van der Waals surface area contributed by atoms with E-state index in [4.69, 9.17) is 17.0 Å². The summed E-state index contributed by atoms with van der Waals surface area (Å²) in [4.78, 5) is 12.4. The molecule has 0 aliphatic carbocycles. The first kappa shape index (κ1) is 18.2. The molecule has 128 valence electrons. The minimum Gasteiger partial charge on any atom is -0.463 e. The molecule has 0 bridgehead atoms. The van der Waals surface area contributed by atoms with Crippen molar-refractivity contribution >= 4 is 29.4 Å². The van der Waals surface area contributed by atoms with Crippen molar-refractivity contribution in [1.29, 1.82) is 0 Å². The smallest absolute Gasteiger partial charge is 0.338 e. The largest absolute Gasteiger partial charge is 0.463 e. The number of nitrogens with one attached hydrogen (secondary N) is 2. The van der Waals surface area contributed by atoms with Crippen molar-refractivity contribution in [2.24, 2.45) is 5.92 Å². The molecule has 0 spiro atoms. The Kier molecular flexibility index (Phi) is 6.15. The van der Waals surface area contributed by atoms with E-state index in [1.165, 1.54) is 5.56 Å². The summed E-state index contributed by atoms with van der Waals surface area (Å²) >= 11 is 5.29. The van der Waals surface area contributed by atoms with Gasteiger partial charge >= 0.3 is 5.97 Å². The lowest BCUT2D eigenvalue weighted by Crippen LogP contribution is -2.50. The van der Waals surface area contributed by atoms with Gasteiger partial charge in [-0.25, -0.2) is 4.79 Å². The van der Waals surface area contributed by atoms with Crippen molar-refractivity contribution < 1.29 is 9.53 Å². The molecule has 1 atom stereocenters. The Bertz CT molecular complexity index is 675. The van der Waals surface area contributed by atoms with Gasteiger partial charge in [0.1, 0.15) is 0 Å². The quantitative estimate of drug-likeness (QED) is 0.634. The number of allylic oxidation sites excluding steroid dienone is 1. The van der Waals surface area contributed by atoms with Crippen LogP contribution >= 0.6 is 12.2 Å². The van der Waals surface area contributed by atoms with E-state index in [0.29, 0.717) is 17.3 Å². The van der Waals surface area contributed by atoms with Gasteiger partial charge in [0, 0.05) is 5.70 Å². The number of benzene rings is 1. The first-order valence-corrected chi connectivity index (χ1v) is 8.56. The van der Waals surface area contributed by atoms with Gasteiger partial charge in [0.05, 0.1) is 18.2 Å². The van der Waals surface area contributed by atoms with E-state index in [-0.39, 0.29) is 17.9 Å². The van der Waals surface area contributed by atoms with Gasteiger partial charge < -0.3 is 15.4 Å². The highest BCUT2D eigenvalue weighted by atomic mass is 32.1. The van der Waals surface area contributed by atoms with Crippen LogP contribution in [0.5, 0.6) is 0 Å². The van der Waals surface area contributed by atoms with Gasteiger partial charge in [0.15, 0.2) is 5.11 Å². The summed E-state index contributed by atoms with van der Waals surface area (Å²) in [6.07, 6.45) is 3.94. The highest BCUT2D eigenvalue weighted by Crippen LogP contribution is 2.22. The number of esters is 1. The first-order chi connectivity index (χ1) is 11.4. The molecule has 4 nitrogen and oxygen atoms in total. The van der Waals surface area contributed by atoms with Crippen molar-refractivity contribution in [2.45, 2.75) is 33.7 Å². The van der Waals surface area contributed by atoms with E-state index < -0.39 is 0 Å². The van der Waals surface area contributed by atoms with Gasteiger partial charge in [-0.15, -0.1) is 0 Å². The minimum atomic E-state index is -0.317. The van der Waals surface area contributed by atoms with E-state index in [1.54, 1.807) is 6.92 Å². The molecule has 0 saturated carbocycles. The Morgan fingerprint density at radius 1 is 1.33 bits per heavy atom. The van der Waals surface area contributed by atoms with Crippen LogP contribution in [0, 0.1) is 12.8 Å². The second-order valence-corrected chi connectivity index (χ2v) is 6.46. The number of carbonyl (C=O) groups excluding carboxylic acids is 1. The lowest BCUT2D eigenvalue weighted by molar-refractivity contribution is -0.138. The van der Waals surface area contributed by atoms with Crippen molar-refractivity contribution in [1.82, 2.24) is 10.6 Å². The molecule has 2 rings (SSSR count). The van der Waals surface area contributed by atoms with Gasteiger partial charge in [0.2, 0.25) is 0 Å². The van der Waals surface area contributed by atoms with E-state index in [2.05, 4.69) is 29.7 Å². The maximum atomic E-state index is 12.4. The molecule has 0 unspecified atom stereocenters. The number of rotatable bonds is 5. The van der Waals surface area contributed by atoms with E-state index in [0.717, 1.165) is 11.3 Å². The third-order valence-electron chi connectivity index (χ3n) is 3.77. The van der Waals surface area contributed by atoms with Crippen LogP contribution in [0.15, 0.2) is 41.6 Å². The molecule has 2 N–H and O–H groups in total. The second-order valence-electron chi connectivity index (χ2n) is 6.05. The van der Waals surface area contributed by atoms with Crippen LogP contribution in [0.1, 0.15) is 31.9 Å². The van der Waals surface area contributed by atoms with E-state index in [1.807, 2.05) is 38.1 Å². The van der Waals surface area contributed by atoms with Crippen LogP contribution in [0.4, 0.5) is 0 Å². The summed E-state index contributed by atoms with van der Waals surface area (Å²) in [5, 5.41) is 6.77. The van der Waals surface area contributed by atoms with Crippen molar-refractivity contribution in [3.8, 4) is 0 Å². The Labute approximate surface area is 149 Å². The summed E-state index contributed by atoms with van der Waals surface area (Å²) in [6, 6.07) is 7.89. The average molecular weight is 344 g/mol. The average Bonchev–Trinajstić information content (AvgIpc) is 2.53.